The number of unbranched alkanes of at least 4 members (excludes halogenated alkanes) is 20. The molecule has 1 N–H and O–H groups in total. The first-order valence-corrected chi connectivity index (χ1v) is 25.4. The summed E-state index contributed by atoms with van der Waals surface area (Å²) in [5.41, 5.74) is 0. The number of rotatable bonds is 40. The van der Waals surface area contributed by atoms with Crippen molar-refractivity contribution in [1.29, 1.82) is 0 Å². The van der Waals surface area contributed by atoms with Crippen molar-refractivity contribution >= 4 is 19.7 Å². The summed E-state index contributed by atoms with van der Waals surface area (Å²) in [7, 11) is -5.84. The molecule has 0 aliphatic carbocycles. The van der Waals surface area contributed by atoms with E-state index in [9.17, 15) is 16.8 Å². The van der Waals surface area contributed by atoms with Crippen molar-refractivity contribution in [3.05, 3.63) is 0 Å². The number of hydrogen-bond donors (Lipinski definition) is 1. The first-order valence-electron chi connectivity index (χ1n) is 21.8. The molecule has 0 radical (unpaired) electrons. The maximum Gasteiger partial charge on any atom is 0.150 e. The summed E-state index contributed by atoms with van der Waals surface area (Å²) in [6.45, 7) is 11.1. The van der Waals surface area contributed by atoms with Gasteiger partial charge in [0.15, 0.2) is 19.7 Å². The van der Waals surface area contributed by atoms with Crippen LogP contribution in [0.25, 0.3) is 0 Å². The highest BCUT2D eigenvalue weighted by molar-refractivity contribution is 7.91. The SMILES string of the molecule is CCCCCCC(CCCC)CS(=O)(=O)CCCCCCCCCNCCCCCCCCCS(=O)(=O)CC(CCCC)CCCCCC. The molecule has 0 saturated carbocycles. The maximum atomic E-state index is 12.8. The van der Waals surface area contributed by atoms with Gasteiger partial charge in [0.05, 0.1) is 23.0 Å². The minimum absolute atomic E-state index is 0.369. The average Bonchev–Trinajstić information content (AvgIpc) is 3.06. The van der Waals surface area contributed by atoms with Crippen LogP contribution in [-0.2, 0) is 19.7 Å². The van der Waals surface area contributed by atoms with E-state index in [1.165, 1.54) is 103 Å². The van der Waals surface area contributed by atoms with Gasteiger partial charge in [-0.1, -0.05) is 169 Å². The van der Waals surface area contributed by atoms with Crippen LogP contribution in [0.2, 0.25) is 0 Å². The van der Waals surface area contributed by atoms with Crippen molar-refractivity contribution in [1.82, 2.24) is 5.32 Å². The quantitative estimate of drug-likeness (QED) is 0.0634. The van der Waals surface area contributed by atoms with Gasteiger partial charge < -0.3 is 5.32 Å². The van der Waals surface area contributed by atoms with Gasteiger partial charge in [0, 0.05) is 0 Å². The van der Waals surface area contributed by atoms with E-state index >= 15 is 0 Å². The zero-order chi connectivity index (χ0) is 36.3. The fraction of sp³-hybridized carbons (Fsp3) is 1.00. The lowest BCUT2D eigenvalue weighted by Crippen LogP contribution is -2.19. The van der Waals surface area contributed by atoms with Gasteiger partial charge in [0.1, 0.15) is 0 Å². The fourth-order valence-corrected chi connectivity index (χ4v) is 11.0. The molecular weight excluding hydrogens is 647 g/mol. The molecule has 0 spiro atoms. The summed E-state index contributed by atoms with van der Waals surface area (Å²) in [5.74, 6) is 2.34. The molecule has 5 nitrogen and oxygen atoms in total. The Balaban J connectivity index is 3.70. The van der Waals surface area contributed by atoms with E-state index in [0.717, 1.165) is 103 Å². The van der Waals surface area contributed by atoms with Crippen LogP contribution in [0.3, 0.4) is 0 Å². The van der Waals surface area contributed by atoms with Gasteiger partial charge in [-0.3, -0.25) is 0 Å². The van der Waals surface area contributed by atoms with Gasteiger partial charge in [0.2, 0.25) is 0 Å². The van der Waals surface area contributed by atoms with Crippen molar-refractivity contribution in [2.45, 2.75) is 220 Å². The van der Waals surface area contributed by atoms with Gasteiger partial charge in [-0.2, -0.15) is 0 Å². The topological polar surface area (TPSA) is 80.3 Å². The Hall–Kier alpha value is -0.140. The molecule has 0 amide bonds. The molecule has 0 saturated heterocycles. The second-order valence-electron chi connectivity index (χ2n) is 15.6. The van der Waals surface area contributed by atoms with Crippen LogP contribution in [0, 0.1) is 11.8 Å². The zero-order valence-corrected chi connectivity index (χ0v) is 35.2. The van der Waals surface area contributed by atoms with E-state index in [4.69, 9.17) is 0 Å². The van der Waals surface area contributed by atoms with Gasteiger partial charge in [-0.05, 0) is 76.3 Å². The molecule has 0 aliphatic rings. The molecule has 0 rings (SSSR count). The van der Waals surface area contributed by atoms with Crippen LogP contribution in [0.5, 0.6) is 0 Å². The molecule has 0 fully saturated rings. The molecule has 0 aliphatic heterocycles. The lowest BCUT2D eigenvalue weighted by molar-refractivity contribution is 0.441. The summed E-state index contributed by atoms with van der Waals surface area (Å²) < 4.78 is 51.0. The van der Waals surface area contributed by atoms with Gasteiger partial charge in [0.25, 0.3) is 0 Å². The van der Waals surface area contributed by atoms with Gasteiger partial charge in [-0.25, -0.2) is 16.8 Å². The Morgan fingerprint density at radius 3 is 0.980 bits per heavy atom. The van der Waals surface area contributed by atoms with Gasteiger partial charge in [-0.15, -0.1) is 0 Å². The van der Waals surface area contributed by atoms with Crippen LogP contribution in [0.1, 0.15) is 220 Å². The molecule has 0 bridgehead atoms. The van der Waals surface area contributed by atoms with E-state index in [1.54, 1.807) is 0 Å². The molecule has 49 heavy (non-hydrogen) atoms. The van der Waals surface area contributed by atoms with Crippen molar-refractivity contribution in [3.63, 3.8) is 0 Å². The summed E-state index contributed by atoms with van der Waals surface area (Å²) in [5, 5.41) is 3.60. The third-order valence-corrected chi connectivity index (χ3v) is 14.2. The summed E-state index contributed by atoms with van der Waals surface area (Å²) >= 11 is 0. The maximum absolute atomic E-state index is 12.8. The fourth-order valence-electron chi connectivity index (χ4n) is 7.25. The molecular formula is C42H87NO4S2. The second kappa shape index (κ2) is 34.9. The predicted octanol–water partition coefficient (Wildman–Crippen LogP) is 12.4. The molecule has 2 atom stereocenters. The van der Waals surface area contributed by atoms with E-state index < -0.39 is 19.7 Å². The van der Waals surface area contributed by atoms with Crippen LogP contribution in [0.15, 0.2) is 0 Å². The van der Waals surface area contributed by atoms with E-state index in [2.05, 4.69) is 33.0 Å². The van der Waals surface area contributed by atoms with Crippen molar-refractivity contribution in [3.8, 4) is 0 Å². The minimum Gasteiger partial charge on any atom is -0.317 e. The molecule has 0 heterocycles. The largest absolute Gasteiger partial charge is 0.317 e. The number of nitrogens with one attached hydrogen (secondary N) is 1. The Morgan fingerprint density at radius 2 is 0.633 bits per heavy atom. The van der Waals surface area contributed by atoms with Crippen molar-refractivity contribution in [2.75, 3.05) is 36.1 Å². The molecule has 0 aromatic carbocycles. The number of hydrogen-bond acceptors (Lipinski definition) is 5. The second-order valence-corrected chi connectivity index (χ2v) is 20.1. The highest BCUT2D eigenvalue weighted by atomic mass is 32.2. The van der Waals surface area contributed by atoms with Crippen LogP contribution in [0.4, 0.5) is 0 Å². The monoisotopic (exact) mass is 734 g/mol. The summed E-state index contributed by atoms with van der Waals surface area (Å²) in [4.78, 5) is 0. The normalized spacial score (nSPS) is 13.6. The Bertz CT molecular complexity index is 818. The van der Waals surface area contributed by atoms with E-state index in [0.29, 0.717) is 34.8 Å². The van der Waals surface area contributed by atoms with Crippen molar-refractivity contribution < 1.29 is 16.8 Å². The van der Waals surface area contributed by atoms with E-state index in [1.807, 2.05) is 0 Å². The van der Waals surface area contributed by atoms with Crippen molar-refractivity contribution in [2.24, 2.45) is 11.8 Å². The molecule has 2 unspecified atom stereocenters. The summed E-state index contributed by atoms with van der Waals surface area (Å²) in [6.07, 6.45) is 34.8. The third kappa shape index (κ3) is 34.7. The predicted molar refractivity (Wildman–Crippen MR) is 218 cm³/mol. The Kier molecular flexibility index (Phi) is 34.8. The Morgan fingerprint density at radius 1 is 0.347 bits per heavy atom. The minimum atomic E-state index is -2.92. The standard InChI is InChI=1S/C42H87NO4S2/c1-5-9-13-25-33-41(31-11-7-3)39-48(44,45)37-29-23-19-15-17-21-27-35-43-36-28-22-18-16-20-24-30-38-49(46,47)40-42(32-12-8-4)34-26-14-10-6-2/h41-43H,5-40H2,1-4H3. The first-order chi connectivity index (χ1) is 23.7. The molecule has 0 aromatic rings. The zero-order valence-electron chi connectivity index (χ0n) is 33.6. The smallest absolute Gasteiger partial charge is 0.150 e. The Labute approximate surface area is 309 Å². The van der Waals surface area contributed by atoms with Crippen LogP contribution in [-0.4, -0.2) is 52.9 Å². The lowest BCUT2D eigenvalue weighted by atomic mass is 9.97. The van der Waals surface area contributed by atoms with Gasteiger partial charge >= 0.3 is 0 Å². The average molecular weight is 734 g/mol. The van der Waals surface area contributed by atoms with E-state index in [-0.39, 0.29) is 0 Å². The van der Waals surface area contributed by atoms with Crippen LogP contribution >= 0.6 is 0 Å². The molecule has 296 valence electrons. The highest BCUT2D eigenvalue weighted by Crippen LogP contribution is 2.22. The van der Waals surface area contributed by atoms with Crippen LogP contribution < -0.4 is 5.32 Å². The lowest BCUT2D eigenvalue weighted by Gasteiger charge is -2.17. The molecule has 7 heteroatoms. The third-order valence-electron chi connectivity index (χ3n) is 10.5. The highest BCUT2D eigenvalue weighted by Gasteiger charge is 2.20. The number of sulfone groups is 2. The molecule has 0 aromatic heterocycles. The first kappa shape index (κ1) is 48.9. The summed E-state index contributed by atoms with van der Waals surface area (Å²) in [6, 6.07) is 0.